The SMILES string of the molecule is Cc1cc(CCN)nc(CC2CC2)n1. The largest absolute Gasteiger partial charge is 0.330 e. The predicted molar refractivity (Wildman–Crippen MR) is 56.0 cm³/mol. The van der Waals surface area contributed by atoms with Gasteiger partial charge in [0.25, 0.3) is 0 Å². The zero-order valence-electron chi connectivity index (χ0n) is 8.66. The molecule has 2 rings (SSSR count). The molecule has 0 radical (unpaired) electrons. The van der Waals surface area contributed by atoms with E-state index in [0.717, 1.165) is 36.0 Å². The van der Waals surface area contributed by atoms with Gasteiger partial charge < -0.3 is 5.73 Å². The molecule has 1 aliphatic rings. The second-order valence-electron chi connectivity index (χ2n) is 4.10. The lowest BCUT2D eigenvalue weighted by atomic mass is 10.2. The molecule has 76 valence electrons. The fourth-order valence-electron chi connectivity index (χ4n) is 1.65. The Balaban J connectivity index is 2.12. The molecule has 0 aliphatic heterocycles. The lowest BCUT2D eigenvalue weighted by Crippen LogP contribution is -2.08. The van der Waals surface area contributed by atoms with Crippen molar-refractivity contribution < 1.29 is 0 Å². The van der Waals surface area contributed by atoms with Crippen molar-refractivity contribution >= 4 is 0 Å². The Morgan fingerprint density at radius 2 is 2.21 bits per heavy atom. The van der Waals surface area contributed by atoms with Crippen LogP contribution in [0.15, 0.2) is 6.07 Å². The van der Waals surface area contributed by atoms with Crippen LogP contribution >= 0.6 is 0 Å². The number of hydrogen-bond acceptors (Lipinski definition) is 3. The fourth-order valence-corrected chi connectivity index (χ4v) is 1.65. The van der Waals surface area contributed by atoms with Crippen LogP contribution in [0.4, 0.5) is 0 Å². The van der Waals surface area contributed by atoms with E-state index in [4.69, 9.17) is 5.73 Å². The highest BCUT2D eigenvalue weighted by Crippen LogP contribution is 2.31. The minimum Gasteiger partial charge on any atom is -0.330 e. The number of aryl methyl sites for hydroxylation is 1. The van der Waals surface area contributed by atoms with Gasteiger partial charge in [0.05, 0.1) is 0 Å². The van der Waals surface area contributed by atoms with E-state index in [-0.39, 0.29) is 0 Å². The lowest BCUT2D eigenvalue weighted by molar-refractivity contribution is 0.746. The third-order valence-electron chi connectivity index (χ3n) is 2.52. The smallest absolute Gasteiger partial charge is 0.129 e. The summed E-state index contributed by atoms with van der Waals surface area (Å²) >= 11 is 0. The minimum atomic E-state index is 0.666. The molecule has 1 saturated carbocycles. The van der Waals surface area contributed by atoms with Gasteiger partial charge in [-0.3, -0.25) is 0 Å². The monoisotopic (exact) mass is 191 g/mol. The number of hydrogen-bond donors (Lipinski definition) is 1. The van der Waals surface area contributed by atoms with E-state index < -0.39 is 0 Å². The van der Waals surface area contributed by atoms with Crippen LogP contribution in [0, 0.1) is 12.8 Å². The molecule has 1 aliphatic carbocycles. The van der Waals surface area contributed by atoms with Crippen LogP contribution in [-0.2, 0) is 12.8 Å². The van der Waals surface area contributed by atoms with Crippen LogP contribution in [0.3, 0.4) is 0 Å². The van der Waals surface area contributed by atoms with E-state index in [2.05, 4.69) is 9.97 Å². The first-order valence-corrected chi connectivity index (χ1v) is 5.31. The summed E-state index contributed by atoms with van der Waals surface area (Å²) in [4.78, 5) is 8.96. The van der Waals surface area contributed by atoms with Crippen LogP contribution in [0.2, 0.25) is 0 Å². The predicted octanol–water partition coefficient (Wildman–Crippen LogP) is 1.24. The third kappa shape index (κ3) is 2.51. The van der Waals surface area contributed by atoms with Gasteiger partial charge >= 0.3 is 0 Å². The Morgan fingerprint density at radius 1 is 1.43 bits per heavy atom. The Hall–Kier alpha value is -0.960. The molecule has 3 nitrogen and oxygen atoms in total. The first-order chi connectivity index (χ1) is 6.78. The van der Waals surface area contributed by atoms with E-state index in [0.29, 0.717) is 6.54 Å². The Labute approximate surface area is 84.8 Å². The molecule has 3 heteroatoms. The van der Waals surface area contributed by atoms with E-state index in [9.17, 15) is 0 Å². The van der Waals surface area contributed by atoms with Crippen molar-refractivity contribution in [2.24, 2.45) is 11.7 Å². The molecule has 0 bridgehead atoms. The Bertz CT molecular complexity index is 318. The lowest BCUT2D eigenvalue weighted by Gasteiger charge is -2.04. The van der Waals surface area contributed by atoms with E-state index in [1.54, 1.807) is 0 Å². The molecular weight excluding hydrogens is 174 g/mol. The summed E-state index contributed by atoms with van der Waals surface area (Å²) in [5, 5.41) is 0. The van der Waals surface area contributed by atoms with E-state index in [1.165, 1.54) is 12.8 Å². The summed E-state index contributed by atoms with van der Waals surface area (Å²) in [5.41, 5.74) is 7.68. The highest BCUT2D eigenvalue weighted by atomic mass is 14.9. The second kappa shape index (κ2) is 4.05. The maximum atomic E-state index is 5.51. The number of nitrogens with zero attached hydrogens (tertiary/aromatic N) is 2. The molecule has 0 aromatic carbocycles. The van der Waals surface area contributed by atoms with Gasteiger partial charge in [0, 0.05) is 24.2 Å². The quantitative estimate of drug-likeness (QED) is 0.779. The average Bonchev–Trinajstić information content (AvgIpc) is 2.87. The van der Waals surface area contributed by atoms with Gasteiger partial charge in [-0.15, -0.1) is 0 Å². The van der Waals surface area contributed by atoms with Crippen LogP contribution < -0.4 is 5.73 Å². The summed E-state index contributed by atoms with van der Waals surface area (Å²) in [7, 11) is 0. The third-order valence-corrected chi connectivity index (χ3v) is 2.52. The van der Waals surface area contributed by atoms with Gasteiger partial charge in [-0.1, -0.05) is 0 Å². The van der Waals surface area contributed by atoms with Crippen molar-refractivity contribution in [1.82, 2.24) is 9.97 Å². The molecule has 0 saturated heterocycles. The molecule has 0 amide bonds. The summed E-state index contributed by atoms with van der Waals surface area (Å²) in [6.45, 7) is 2.69. The van der Waals surface area contributed by atoms with Crippen molar-refractivity contribution in [3.8, 4) is 0 Å². The molecule has 14 heavy (non-hydrogen) atoms. The van der Waals surface area contributed by atoms with Gasteiger partial charge in [-0.05, 0) is 38.3 Å². The van der Waals surface area contributed by atoms with Crippen molar-refractivity contribution in [2.45, 2.75) is 32.6 Å². The maximum absolute atomic E-state index is 5.51. The van der Waals surface area contributed by atoms with Crippen LogP contribution in [0.1, 0.15) is 30.1 Å². The Kier molecular flexibility index (Phi) is 2.77. The number of nitrogens with two attached hydrogens (primary N) is 1. The maximum Gasteiger partial charge on any atom is 0.129 e. The highest BCUT2D eigenvalue weighted by Gasteiger charge is 2.22. The second-order valence-corrected chi connectivity index (χ2v) is 4.10. The van der Waals surface area contributed by atoms with Gasteiger partial charge in [-0.2, -0.15) is 0 Å². The molecule has 0 atom stereocenters. The molecular formula is C11H17N3. The number of aromatic nitrogens is 2. The van der Waals surface area contributed by atoms with Gasteiger partial charge in [-0.25, -0.2) is 9.97 Å². The van der Waals surface area contributed by atoms with Gasteiger partial charge in [0.15, 0.2) is 0 Å². The van der Waals surface area contributed by atoms with Crippen LogP contribution in [0.5, 0.6) is 0 Å². The normalized spacial score (nSPS) is 15.9. The summed E-state index contributed by atoms with van der Waals surface area (Å²) in [6.07, 6.45) is 4.62. The molecule has 1 fully saturated rings. The molecule has 0 spiro atoms. The first kappa shape index (κ1) is 9.59. The average molecular weight is 191 g/mol. The van der Waals surface area contributed by atoms with Gasteiger partial charge in [0.1, 0.15) is 5.82 Å². The van der Waals surface area contributed by atoms with Crippen LogP contribution in [-0.4, -0.2) is 16.5 Å². The summed E-state index contributed by atoms with van der Waals surface area (Å²) in [6, 6.07) is 2.03. The zero-order chi connectivity index (χ0) is 9.97. The molecule has 0 unspecified atom stereocenters. The molecule has 1 aromatic heterocycles. The van der Waals surface area contributed by atoms with Crippen molar-refractivity contribution in [3.63, 3.8) is 0 Å². The van der Waals surface area contributed by atoms with Crippen molar-refractivity contribution in [1.29, 1.82) is 0 Å². The standard InChI is InChI=1S/C11H17N3/c1-8-6-10(4-5-12)14-11(13-8)7-9-2-3-9/h6,9H,2-5,7,12H2,1H3. The summed E-state index contributed by atoms with van der Waals surface area (Å²) in [5.74, 6) is 1.86. The van der Waals surface area contributed by atoms with Crippen LogP contribution in [0.25, 0.3) is 0 Å². The molecule has 1 aromatic rings. The van der Waals surface area contributed by atoms with E-state index >= 15 is 0 Å². The van der Waals surface area contributed by atoms with Crippen molar-refractivity contribution in [2.75, 3.05) is 6.54 Å². The zero-order valence-corrected chi connectivity index (χ0v) is 8.66. The van der Waals surface area contributed by atoms with E-state index in [1.807, 2.05) is 13.0 Å². The number of rotatable bonds is 4. The topological polar surface area (TPSA) is 51.8 Å². The van der Waals surface area contributed by atoms with Crippen molar-refractivity contribution in [3.05, 3.63) is 23.3 Å². The highest BCUT2D eigenvalue weighted by molar-refractivity contribution is 5.11. The molecule has 1 heterocycles. The fraction of sp³-hybridized carbons (Fsp3) is 0.636. The first-order valence-electron chi connectivity index (χ1n) is 5.31. The molecule has 2 N–H and O–H groups in total. The minimum absolute atomic E-state index is 0.666. The van der Waals surface area contributed by atoms with Gasteiger partial charge in [0.2, 0.25) is 0 Å². The Morgan fingerprint density at radius 3 is 2.86 bits per heavy atom. The summed E-state index contributed by atoms with van der Waals surface area (Å²) < 4.78 is 0.